The number of thiazole rings is 1. The molecule has 0 aliphatic heterocycles. The van der Waals surface area contributed by atoms with Crippen LogP contribution in [0.5, 0.6) is 0 Å². The van der Waals surface area contributed by atoms with Crippen LogP contribution in [0.25, 0.3) is 21.1 Å². The molecule has 2 heterocycles. The zero-order chi connectivity index (χ0) is 26.4. The van der Waals surface area contributed by atoms with E-state index in [0.29, 0.717) is 22.2 Å². The molecule has 0 unspecified atom stereocenters. The molecule has 0 spiro atoms. The van der Waals surface area contributed by atoms with Gasteiger partial charge >= 0.3 is 12.1 Å². The average molecular weight is 520 g/mol. The molecule has 2 aromatic carbocycles. The highest BCUT2D eigenvalue weighted by Crippen LogP contribution is 2.41. The predicted octanol–water partition coefficient (Wildman–Crippen LogP) is 5.89. The fourth-order valence-corrected chi connectivity index (χ4v) is 4.62. The van der Waals surface area contributed by atoms with Crippen molar-refractivity contribution in [2.45, 2.75) is 52.4 Å². The SMILES string of the molecule is Cc1ccc(NC(C)(C)C(=O)Nc2nc3c(C(F)(F)F)cc4[nH]ncc4c3s2)cc1C(=O)OC(C)C. The van der Waals surface area contributed by atoms with E-state index in [-0.39, 0.29) is 27.0 Å². The van der Waals surface area contributed by atoms with E-state index in [2.05, 4.69) is 25.8 Å². The number of alkyl halides is 3. The van der Waals surface area contributed by atoms with E-state index in [1.807, 2.05) is 0 Å². The first-order chi connectivity index (χ1) is 16.8. The van der Waals surface area contributed by atoms with Gasteiger partial charge in [-0.2, -0.15) is 18.3 Å². The smallest absolute Gasteiger partial charge is 0.418 e. The van der Waals surface area contributed by atoms with Crippen LogP contribution in [0.3, 0.4) is 0 Å². The topological polar surface area (TPSA) is 109 Å². The summed E-state index contributed by atoms with van der Waals surface area (Å²) in [7, 11) is 0. The maximum absolute atomic E-state index is 13.6. The fourth-order valence-electron chi connectivity index (χ4n) is 3.62. The monoisotopic (exact) mass is 519 g/mol. The molecular formula is C24H24F3N5O3S. The highest BCUT2D eigenvalue weighted by atomic mass is 32.1. The number of fused-ring (bicyclic) bond motifs is 3. The molecule has 190 valence electrons. The molecule has 3 N–H and O–H groups in total. The fraction of sp³-hybridized carbons (Fsp3) is 0.333. The van der Waals surface area contributed by atoms with Crippen LogP contribution in [0.4, 0.5) is 24.0 Å². The molecule has 1 amide bonds. The van der Waals surface area contributed by atoms with Crippen molar-refractivity contribution < 1.29 is 27.5 Å². The summed E-state index contributed by atoms with van der Waals surface area (Å²) < 4.78 is 46.5. The van der Waals surface area contributed by atoms with Crippen LogP contribution in [-0.2, 0) is 15.7 Å². The maximum Gasteiger partial charge on any atom is 0.418 e. The molecule has 0 bridgehead atoms. The number of hydrogen-bond donors (Lipinski definition) is 3. The minimum absolute atomic E-state index is 0.0224. The largest absolute Gasteiger partial charge is 0.459 e. The van der Waals surface area contributed by atoms with Crippen molar-refractivity contribution >= 4 is 55.2 Å². The van der Waals surface area contributed by atoms with Crippen molar-refractivity contribution in [3.63, 3.8) is 0 Å². The predicted molar refractivity (Wildman–Crippen MR) is 132 cm³/mol. The second-order valence-corrected chi connectivity index (χ2v) is 10.1. The number of nitrogens with zero attached hydrogens (tertiary/aromatic N) is 2. The van der Waals surface area contributed by atoms with Gasteiger partial charge in [-0.15, -0.1) is 0 Å². The summed E-state index contributed by atoms with van der Waals surface area (Å²) in [6.07, 6.45) is -3.49. The van der Waals surface area contributed by atoms with Gasteiger partial charge in [0.25, 0.3) is 5.91 Å². The van der Waals surface area contributed by atoms with Gasteiger partial charge in [0.2, 0.25) is 0 Å². The van der Waals surface area contributed by atoms with E-state index in [9.17, 15) is 22.8 Å². The highest BCUT2D eigenvalue weighted by molar-refractivity contribution is 7.23. The summed E-state index contributed by atoms with van der Waals surface area (Å²) in [4.78, 5) is 29.6. The van der Waals surface area contributed by atoms with Crippen LogP contribution in [-0.4, -0.2) is 38.7 Å². The third-order valence-corrected chi connectivity index (χ3v) is 6.44. The number of rotatable bonds is 6. The van der Waals surface area contributed by atoms with Crippen LogP contribution in [0.1, 0.15) is 49.2 Å². The lowest BCUT2D eigenvalue weighted by Gasteiger charge is -2.26. The number of ether oxygens (including phenoxy) is 1. The van der Waals surface area contributed by atoms with Crippen molar-refractivity contribution in [2.75, 3.05) is 10.6 Å². The zero-order valence-corrected chi connectivity index (χ0v) is 20.9. The first kappa shape index (κ1) is 25.4. The molecule has 0 aliphatic rings. The molecule has 0 aliphatic carbocycles. The van der Waals surface area contributed by atoms with Gasteiger partial charge in [0.15, 0.2) is 5.13 Å². The number of aromatic amines is 1. The molecule has 0 radical (unpaired) electrons. The number of carbonyl (C=O) groups excluding carboxylic acids is 2. The molecule has 2 aromatic heterocycles. The van der Waals surface area contributed by atoms with Gasteiger partial charge < -0.3 is 10.1 Å². The number of nitrogens with one attached hydrogen (secondary N) is 3. The molecule has 8 nitrogen and oxygen atoms in total. The van der Waals surface area contributed by atoms with Gasteiger partial charge in [-0.05, 0) is 58.4 Å². The second-order valence-electron chi connectivity index (χ2n) is 9.14. The number of carbonyl (C=O) groups is 2. The van der Waals surface area contributed by atoms with Gasteiger partial charge in [0, 0.05) is 11.1 Å². The Morgan fingerprint density at radius 3 is 2.56 bits per heavy atom. The van der Waals surface area contributed by atoms with Crippen molar-refractivity contribution in [2.24, 2.45) is 0 Å². The van der Waals surface area contributed by atoms with Gasteiger partial charge in [-0.3, -0.25) is 15.2 Å². The number of hydrogen-bond acceptors (Lipinski definition) is 7. The van der Waals surface area contributed by atoms with Crippen LogP contribution in [0, 0.1) is 6.92 Å². The molecule has 0 fully saturated rings. The standard InChI is InChI=1S/C24H24F3N5O3S/c1-11(2)35-20(33)14-8-13(7-6-12(14)3)31-23(4,5)21(34)30-22-29-18-16(24(25,26)27)9-17-15(10-28-32-17)19(18)36-22/h6-11,31H,1-5H3,(H,28,32)(H,29,30,34). The van der Waals surface area contributed by atoms with Gasteiger partial charge in [-0.25, -0.2) is 9.78 Å². The molecular weight excluding hydrogens is 495 g/mol. The van der Waals surface area contributed by atoms with Crippen LogP contribution in [0.2, 0.25) is 0 Å². The quantitative estimate of drug-likeness (QED) is 0.274. The maximum atomic E-state index is 13.6. The number of aryl methyl sites for hydroxylation is 1. The van der Waals surface area contributed by atoms with Gasteiger partial charge in [0.1, 0.15) is 5.54 Å². The van der Waals surface area contributed by atoms with Crippen molar-refractivity contribution in [1.29, 1.82) is 0 Å². The molecule has 4 aromatic rings. The van der Waals surface area contributed by atoms with E-state index in [4.69, 9.17) is 4.74 Å². The van der Waals surface area contributed by atoms with E-state index in [0.717, 1.165) is 17.4 Å². The molecule has 36 heavy (non-hydrogen) atoms. The van der Waals surface area contributed by atoms with Crippen molar-refractivity contribution in [3.8, 4) is 0 Å². The minimum atomic E-state index is -4.63. The van der Waals surface area contributed by atoms with Crippen molar-refractivity contribution in [1.82, 2.24) is 15.2 Å². The molecule has 0 saturated carbocycles. The number of benzene rings is 2. The number of anilines is 2. The number of aromatic nitrogens is 3. The van der Waals surface area contributed by atoms with Crippen LogP contribution < -0.4 is 10.6 Å². The Kier molecular flexibility index (Phi) is 6.41. The minimum Gasteiger partial charge on any atom is -0.459 e. The molecule has 0 saturated heterocycles. The normalized spacial score (nSPS) is 12.4. The summed E-state index contributed by atoms with van der Waals surface area (Å²) in [5.41, 5.74) is -0.568. The van der Waals surface area contributed by atoms with E-state index in [1.165, 1.54) is 6.20 Å². The summed E-state index contributed by atoms with van der Waals surface area (Å²) in [5.74, 6) is -1.00. The molecule has 12 heteroatoms. The van der Waals surface area contributed by atoms with E-state index < -0.39 is 29.2 Å². The number of halogens is 3. The Labute approximate surface area is 208 Å². The Hall–Kier alpha value is -3.67. The van der Waals surface area contributed by atoms with Crippen LogP contribution >= 0.6 is 11.3 Å². The third kappa shape index (κ3) is 4.99. The second kappa shape index (κ2) is 9.08. The Bertz CT molecular complexity index is 1470. The Balaban J connectivity index is 1.60. The number of esters is 1. The third-order valence-electron chi connectivity index (χ3n) is 5.43. The first-order valence-corrected chi connectivity index (χ1v) is 11.8. The molecule has 0 atom stereocenters. The average Bonchev–Trinajstić information content (AvgIpc) is 3.39. The lowest BCUT2D eigenvalue weighted by molar-refractivity contribution is -0.136. The van der Waals surface area contributed by atoms with Crippen molar-refractivity contribution in [3.05, 3.63) is 47.2 Å². The van der Waals surface area contributed by atoms with E-state index in [1.54, 1.807) is 52.8 Å². The Morgan fingerprint density at radius 1 is 1.17 bits per heavy atom. The summed E-state index contributed by atoms with van der Waals surface area (Å²) in [6.45, 7) is 8.49. The number of H-pyrrole nitrogens is 1. The summed E-state index contributed by atoms with van der Waals surface area (Å²) >= 11 is 0.934. The summed E-state index contributed by atoms with van der Waals surface area (Å²) in [5, 5.41) is 12.6. The van der Waals surface area contributed by atoms with Gasteiger partial charge in [0.05, 0.1) is 39.2 Å². The van der Waals surface area contributed by atoms with Crippen LogP contribution in [0.15, 0.2) is 30.5 Å². The lowest BCUT2D eigenvalue weighted by atomic mass is 10.0. The molecule has 4 rings (SSSR count). The Morgan fingerprint density at radius 2 is 1.89 bits per heavy atom. The lowest BCUT2D eigenvalue weighted by Crippen LogP contribution is -2.44. The highest BCUT2D eigenvalue weighted by Gasteiger charge is 2.36. The van der Waals surface area contributed by atoms with E-state index >= 15 is 0 Å². The number of amides is 1. The van der Waals surface area contributed by atoms with Gasteiger partial charge in [-0.1, -0.05) is 17.4 Å². The summed E-state index contributed by atoms with van der Waals surface area (Å²) in [6, 6.07) is 6.01. The zero-order valence-electron chi connectivity index (χ0n) is 20.1. The first-order valence-electron chi connectivity index (χ1n) is 11.0.